The lowest BCUT2D eigenvalue weighted by molar-refractivity contribution is 0.798. The van der Waals surface area contributed by atoms with Gasteiger partial charge in [-0.2, -0.15) is 9.61 Å². The van der Waals surface area contributed by atoms with E-state index in [1.165, 1.54) is 16.3 Å². The van der Waals surface area contributed by atoms with E-state index in [4.69, 9.17) is 0 Å². The second-order valence-electron chi connectivity index (χ2n) is 5.70. The predicted octanol–water partition coefficient (Wildman–Crippen LogP) is 3.40. The number of nitrogens with zero attached hydrogens (tertiary/aromatic N) is 4. The van der Waals surface area contributed by atoms with Crippen molar-refractivity contribution in [2.45, 2.75) is 23.3 Å². The van der Waals surface area contributed by atoms with Crippen LogP contribution in [-0.4, -0.2) is 19.2 Å². The highest BCUT2D eigenvalue weighted by Gasteiger charge is 2.15. The second-order valence-corrected chi connectivity index (χ2v) is 6.79. The fourth-order valence-corrected chi connectivity index (χ4v) is 3.56. The van der Waals surface area contributed by atoms with Crippen molar-refractivity contribution in [3.63, 3.8) is 0 Å². The van der Waals surface area contributed by atoms with Crippen molar-refractivity contribution in [1.29, 1.82) is 0 Å². The quantitative estimate of drug-likeness (QED) is 0.567. The molecule has 5 nitrogen and oxygen atoms in total. The summed E-state index contributed by atoms with van der Waals surface area (Å²) in [5, 5.41) is 4.25. The Morgan fingerprint density at radius 2 is 1.68 bits per heavy atom. The van der Waals surface area contributed by atoms with Crippen LogP contribution >= 0.6 is 11.8 Å². The number of aryl methyl sites for hydroxylation is 1. The van der Waals surface area contributed by atoms with Crippen LogP contribution in [0.25, 0.3) is 5.78 Å². The molecule has 0 atom stereocenters. The minimum atomic E-state index is -0.136. The molecule has 0 spiro atoms. The number of benzene rings is 2. The van der Waals surface area contributed by atoms with Crippen molar-refractivity contribution in [2.75, 3.05) is 0 Å². The van der Waals surface area contributed by atoms with Crippen LogP contribution in [0, 0.1) is 6.92 Å². The van der Waals surface area contributed by atoms with Gasteiger partial charge >= 0.3 is 0 Å². The number of fused-ring (bicyclic) bond motifs is 1. The minimum absolute atomic E-state index is 0.136. The summed E-state index contributed by atoms with van der Waals surface area (Å²) in [6.45, 7) is 2.49. The first-order valence-corrected chi connectivity index (χ1v) is 8.75. The van der Waals surface area contributed by atoms with Crippen LogP contribution in [0.3, 0.4) is 0 Å². The SMILES string of the molecule is Cc1nc2n(Cc3ccccc3)cnn2c(=O)c1Sc1ccccc1. The second kappa shape index (κ2) is 6.57. The van der Waals surface area contributed by atoms with E-state index in [2.05, 4.69) is 10.1 Å². The Balaban J connectivity index is 1.75. The first-order valence-electron chi connectivity index (χ1n) is 7.94. The molecule has 2 aromatic carbocycles. The zero-order valence-electron chi connectivity index (χ0n) is 13.7. The molecule has 0 aliphatic heterocycles. The smallest absolute Gasteiger partial charge is 0.290 e. The molecule has 2 aromatic heterocycles. The maximum Gasteiger partial charge on any atom is 0.290 e. The molecular weight excluding hydrogens is 332 g/mol. The molecule has 0 saturated heterocycles. The number of hydrogen-bond acceptors (Lipinski definition) is 4. The molecule has 4 aromatic rings. The van der Waals surface area contributed by atoms with Crippen LogP contribution in [0.1, 0.15) is 11.3 Å². The Morgan fingerprint density at radius 3 is 2.40 bits per heavy atom. The Morgan fingerprint density at radius 1 is 1.00 bits per heavy atom. The lowest BCUT2D eigenvalue weighted by Crippen LogP contribution is -2.19. The Bertz CT molecular complexity index is 1070. The Hall–Kier alpha value is -2.86. The molecule has 0 aliphatic carbocycles. The molecule has 0 fully saturated rings. The fraction of sp³-hybridized carbons (Fsp3) is 0.105. The van der Waals surface area contributed by atoms with Crippen molar-refractivity contribution in [1.82, 2.24) is 19.2 Å². The van der Waals surface area contributed by atoms with Gasteiger partial charge in [-0.3, -0.25) is 9.36 Å². The zero-order valence-corrected chi connectivity index (χ0v) is 14.5. The number of rotatable bonds is 4. The monoisotopic (exact) mass is 348 g/mol. The summed E-state index contributed by atoms with van der Waals surface area (Å²) in [5.41, 5.74) is 1.72. The summed E-state index contributed by atoms with van der Waals surface area (Å²) in [7, 11) is 0. The molecule has 0 saturated carbocycles. The molecule has 2 heterocycles. The Labute approximate surface area is 149 Å². The topological polar surface area (TPSA) is 52.2 Å². The average Bonchev–Trinajstić information content (AvgIpc) is 3.03. The first-order chi connectivity index (χ1) is 12.2. The van der Waals surface area contributed by atoms with E-state index in [-0.39, 0.29) is 5.56 Å². The number of hydrogen-bond donors (Lipinski definition) is 0. The molecule has 0 radical (unpaired) electrons. The van der Waals surface area contributed by atoms with Crippen molar-refractivity contribution >= 4 is 17.5 Å². The summed E-state index contributed by atoms with van der Waals surface area (Å²) in [6, 6.07) is 19.9. The highest BCUT2D eigenvalue weighted by Crippen LogP contribution is 2.26. The summed E-state index contributed by atoms with van der Waals surface area (Å²) in [6.07, 6.45) is 1.66. The van der Waals surface area contributed by atoms with Crippen LogP contribution in [0.15, 0.2) is 81.6 Å². The molecule has 124 valence electrons. The fourth-order valence-electron chi connectivity index (χ4n) is 2.66. The van der Waals surface area contributed by atoms with Gasteiger partial charge in [0.2, 0.25) is 5.78 Å². The van der Waals surface area contributed by atoms with Crippen molar-refractivity contribution in [2.24, 2.45) is 0 Å². The van der Waals surface area contributed by atoms with Gasteiger partial charge in [-0.05, 0) is 24.6 Å². The maximum absolute atomic E-state index is 12.8. The minimum Gasteiger partial charge on any atom is -0.295 e. The van der Waals surface area contributed by atoms with Crippen LogP contribution in [0.2, 0.25) is 0 Å². The summed E-state index contributed by atoms with van der Waals surface area (Å²) >= 11 is 1.42. The van der Waals surface area contributed by atoms with Crippen LogP contribution in [0.4, 0.5) is 0 Å². The van der Waals surface area contributed by atoms with Gasteiger partial charge in [0, 0.05) is 4.90 Å². The van der Waals surface area contributed by atoms with E-state index in [9.17, 15) is 4.79 Å². The van der Waals surface area contributed by atoms with E-state index in [1.807, 2.05) is 72.2 Å². The van der Waals surface area contributed by atoms with Crippen LogP contribution in [0.5, 0.6) is 0 Å². The Kier molecular flexibility index (Phi) is 4.11. The van der Waals surface area contributed by atoms with Gasteiger partial charge in [0.15, 0.2) is 0 Å². The molecule has 0 amide bonds. The first kappa shape index (κ1) is 15.7. The third kappa shape index (κ3) is 3.08. The zero-order chi connectivity index (χ0) is 17.2. The normalized spacial score (nSPS) is 11.1. The standard InChI is InChI=1S/C19H16N4OS/c1-14-17(25-16-10-6-3-7-11-16)18(24)23-19(21-14)22(13-20-23)12-15-8-4-2-5-9-15/h2-11,13H,12H2,1H3. The van der Waals surface area contributed by atoms with Crippen molar-refractivity contribution in [3.05, 3.63) is 88.6 Å². The van der Waals surface area contributed by atoms with Crippen LogP contribution < -0.4 is 5.56 Å². The van der Waals surface area contributed by atoms with E-state index >= 15 is 0 Å². The lowest BCUT2D eigenvalue weighted by atomic mass is 10.2. The van der Waals surface area contributed by atoms with Crippen LogP contribution in [-0.2, 0) is 6.54 Å². The van der Waals surface area contributed by atoms with Gasteiger partial charge in [-0.25, -0.2) is 4.98 Å². The largest absolute Gasteiger partial charge is 0.295 e. The van der Waals surface area contributed by atoms with E-state index in [1.54, 1.807) is 6.33 Å². The predicted molar refractivity (Wildman–Crippen MR) is 98.1 cm³/mol. The van der Waals surface area contributed by atoms with Gasteiger partial charge < -0.3 is 0 Å². The average molecular weight is 348 g/mol. The maximum atomic E-state index is 12.8. The molecule has 0 bridgehead atoms. The molecular formula is C19H16N4OS. The van der Waals surface area contributed by atoms with Crippen molar-refractivity contribution < 1.29 is 0 Å². The molecule has 6 heteroatoms. The summed E-state index contributed by atoms with van der Waals surface area (Å²) < 4.78 is 3.27. The van der Waals surface area contributed by atoms with Crippen molar-refractivity contribution in [3.8, 4) is 0 Å². The third-order valence-corrected chi connectivity index (χ3v) is 5.08. The molecule has 4 rings (SSSR count). The van der Waals surface area contributed by atoms with Gasteiger partial charge in [0.1, 0.15) is 11.2 Å². The van der Waals surface area contributed by atoms with Gasteiger partial charge in [0.25, 0.3) is 5.56 Å². The highest BCUT2D eigenvalue weighted by molar-refractivity contribution is 7.99. The highest BCUT2D eigenvalue weighted by atomic mass is 32.2. The number of aromatic nitrogens is 4. The van der Waals surface area contributed by atoms with Gasteiger partial charge in [-0.15, -0.1) is 0 Å². The summed E-state index contributed by atoms with van der Waals surface area (Å²) in [4.78, 5) is 19.1. The van der Waals surface area contributed by atoms with E-state index < -0.39 is 0 Å². The summed E-state index contributed by atoms with van der Waals surface area (Å²) in [5.74, 6) is 0.559. The molecule has 0 N–H and O–H groups in total. The third-order valence-electron chi connectivity index (χ3n) is 3.89. The van der Waals surface area contributed by atoms with Gasteiger partial charge in [0.05, 0.1) is 12.2 Å². The van der Waals surface area contributed by atoms with Gasteiger partial charge in [-0.1, -0.05) is 60.3 Å². The van der Waals surface area contributed by atoms with E-state index in [0.29, 0.717) is 22.9 Å². The molecule has 0 aliphatic rings. The van der Waals surface area contributed by atoms with E-state index in [0.717, 1.165) is 10.5 Å². The molecule has 0 unspecified atom stereocenters. The lowest BCUT2D eigenvalue weighted by Gasteiger charge is -2.07. The molecule has 25 heavy (non-hydrogen) atoms.